The van der Waals surface area contributed by atoms with Crippen LogP contribution in [0, 0.1) is 6.92 Å². The third-order valence-electron chi connectivity index (χ3n) is 2.89. The third-order valence-corrected chi connectivity index (χ3v) is 2.89. The summed E-state index contributed by atoms with van der Waals surface area (Å²) in [7, 11) is 0. The maximum atomic E-state index is 12.2. The third kappa shape index (κ3) is 2.92. The molecule has 0 atom stereocenters. The summed E-state index contributed by atoms with van der Waals surface area (Å²) in [6.07, 6.45) is 0. The van der Waals surface area contributed by atoms with Crippen molar-refractivity contribution >= 4 is 17.3 Å². The zero-order chi connectivity index (χ0) is 13.8. The van der Waals surface area contributed by atoms with Gasteiger partial charge < -0.3 is 16.2 Å². The van der Waals surface area contributed by atoms with Gasteiger partial charge in [-0.2, -0.15) is 0 Å². The van der Waals surface area contributed by atoms with Crippen LogP contribution < -0.4 is 11.1 Å². The Balaban J connectivity index is 2.28. The van der Waals surface area contributed by atoms with Crippen molar-refractivity contribution in [1.82, 2.24) is 0 Å². The molecule has 1 amide bonds. The van der Waals surface area contributed by atoms with E-state index in [4.69, 9.17) is 5.73 Å². The number of aryl methyl sites for hydroxylation is 1. The number of benzene rings is 2. The normalized spacial score (nSPS) is 10.2. The van der Waals surface area contributed by atoms with Crippen LogP contribution >= 0.6 is 0 Å². The number of nitrogens with two attached hydrogens (primary N) is 1. The maximum absolute atomic E-state index is 12.2. The first-order valence-electron chi connectivity index (χ1n) is 5.98. The summed E-state index contributed by atoms with van der Waals surface area (Å²) in [5.74, 6) is -0.276. The van der Waals surface area contributed by atoms with Gasteiger partial charge in [-0.05, 0) is 25.1 Å². The van der Waals surface area contributed by atoms with E-state index < -0.39 is 0 Å². The monoisotopic (exact) mass is 256 g/mol. The smallest absolute Gasteiger partial charge is 0.257 e. The van der Waals surface area contributed by atoms with Crippen LogP contribution in [0.1, 0.15) is 21.5 Å². The molecular formula is C15H16N2O2. The fourth-order valence-electron chi connectivity index (χ4n) is 1.84. The molecule has 0 saturated heterocycles. The average Bonchev–Trinajstić information content (AvgIpc) is 2.42. The molecule has 4 N–H and O–H groups in total. The number of amides is 1. The van der Waals surface area contributed by atoms with Gasteiger partial charge in [0.05, 0.1) is 12.2 Å². The summed E-state index contributed by atoms with van der Waals surface area (Å²) in [6, 6.07) is 12.4. The van der Waals surface area contributed by atoms with Crippen LogP contribution in [0.25, 0.3) is 0 Å². The van der Waals surface area contributed by atoms with Crippen molar-refractivity contribution in [2.45, 2.75) is 13.5 Å². The van der Waals surface area contributed by atoms with E-state index in [0.29, 0.717) is 22.5 Å². The second-order valence-electron chi connectivity index (χ2n) is 4.36. The Bertz CT molecular complexity index is 609. The Morgan fingerprint density at radius 2 is 2.00 bits per heavy atom. The van der Waals surface area contributed by atoms with Crippen LogP contribution in [0.5, 0.6) is 0 Å². The first-order chi connectivity index (χ1) is 9.11. The van der Waals surface area contributed by atoms with Crippen molar-refractivity contribution in [2.75, 3.05) is 11.1 Å². The van der Waals surface area contributed by atoms with E-state index >= 15 is 0 Å². The van der Waals surface area contributed by atoms with Gasteiger partial charge in [0.25, 0.3) is 5.91 Å². The van der Waals surface area contributed by atoms with E-state index in [2.05, 4.69) is 5.32 Å². The first kappa shape index (κ1) is 13.1. The second kappa shape index (κ2) is 5.54. The van der Waals surface area contributed by atoms with Crippen molar-refractivity contribution in [3.05, 3.63) is 59.2 Å². The lowest BCUT2D eigenvalue weighted by Gasteiger charge is -2.11. The minimum Gasteiger partial charge on any atom is -0.398 e. The molecule has 98 valence electrons. The van der Waals surface area contributed by atoms with E-state index in [1.54, 1.807) is 30.3 Å². The number of hydrogen-bond acceptors (Lipinski definition) is 3. The van der Waals surface area contributed by atoms with Gasteiger partial charge in [-0.15, -0.1) is 0 Å². The lowest BCUT2D eigenvalue weighted by atomic mass is 10.1. The molecule has 0 aliphatic heterocycles. The number of rotatable bonds is 3. The number of aliphatic hydroxyl groups excluding tert-OH is 1. The summed E-state index contributed by atoms with van der Waals surface area (Å²) in [6.45, 7) is 1.78. The van der Waals surface area contributed by atoms with Crippen molar-refractivity contribution < 1.29 is 9.90 Å². The van der Waals surface area contributed by atoms with Gasteiger partial charge in [-0.1, -0.05) is 29.8 Å². The molecule has 0 spiro atoms. The molecule has 0 aliphatic rings. The van der Waals surface area contributed by atoms with Crippen LogP contribution in [-0.2, 0) is 6.61 Å². The lowest BCUT2D eigenvalue weighted by molar-refractivity contribution is 0.102. The number of hydrogen-bond donors (Lipinski definition) is 3. The van der Waals surface area contributed by atoms with E-state index in [-0.39, 0.29) is 12.5 Å². The van der Waals surface area contributed by atoms with Gasteiger partial charge in [0.15, 0.2) is 0 Å². The molecule has 0 bridgehead atoms. The van der Waals surface area contributed by atoms with Crippen LogP contribution in [0.4, 0.5) is 11.4 Å². The lowest BCUT2D eigenvalue weighted by Crippen LogP contribution is -2.15. The first-order valence-corrected chi connectivity index (χ1v) is 5.98. The van der Waals surface area contributed by atoms with E-state index in [0.717, 1.165) is 5.56 Å². The van der Waals surface area contributed by atoms with Crippen molar-refractivity contribution in [1.29, 1.82) is 0 Å². The molecule has 0 saturated carbocycles. The SMILES string of the molecule is Cc1ccc(N)c(C(=O)Nc2ccccc2CO)c1. The van der Waals surface area contributed by atoms with Gasteiger partial charge in [0.1, 0.15) is 0 Å². The topological polar surface area (TPSA) is 75.4 Å². The minimum absolute atomic E-state index is 0.125. The molecule has 0 fully saturated rings. The van der Waals surface area contributed by atoms with Gasteiger partial charge >= 0.3 is 0 Å². The van der Waals surface area contributed by atoms with Crippen LogP contribution in [0.2, 0.25) is 0 Å². The van der Waals surface area contributed by atoms with Crippen LogP contribution in [0.3, 0.4) is 0 Å². The standard InChI is InChI=1S/C15H16N2O2/c1-10-6-7-13(16)12(8-10)15(19)17-14-5-3-2-4-11(14)9-18/h2-8,18H,9,16H2,1H3,(H,17,19). The number of aliphatic hydroxyl groups is 1. The largest absolute Gasteiger partial charge is 0.398 e. The number of anilines is 2. The highest BCUT2D eigenvalue weighted by molar-refractivity contribution is 6.08. The Labute approximate surface area is 111 Å². The predicted octanol–water partition coefficient (Wildman–Crippen LogP) is 2.32. The van der Waals surface area contributed by atoms with Crippen molar-refractivity contribution in [2.24, 2.45) is 0 Å². The molecule has 2 rings (SSSR count). The van der Waals surface area contributed by atoms with Crippen LogP contribution in [-0.4, -0.2) is 11.0 Å². The maximum Gasteiger partial charge on any atom is 0.257 e. The summed E-state index contributed by atoms with van der Waals surface area (Å²) in [5.41, 5.74) is 8.91. The van der Waals surface area contributed by atoms with E-state index in [1.165, 1.54) is 0 Å². The molecule has 0 aromatic heterocycles. The van der Waals surface area contributed by atoms with E-state index in [1.807, 2.05) is 19.1 Å². The van der Waals surface area contributed by atoms with Gasteiger partial charge in [-0.3, -0.25) is 4.79 Å². The quantitative estimate of drug-likeness (QED) is 0.738. The summed E-state index contributed by atoms with van der Waals surface area (Å²) in [5, 5.41) is 12.0. The molecule has 19 heavy (non-hydrogen) atoms. The van der Waals surface area contributed by atoms with Gasteiger partial charge in [0, 0.05) is 16.9 Å². The van der Waals surface area contributed by atoms with Crippen molar-refractivity contribution in [3.63, 3.8) is 0 Å². The Kier molecular flexibility index (Phi) is 3.82. The molecular weight excluding hydrogens is 240 g/mol. The molecule has 0 unspecified atom stereocenters. The van der Waals surface area contributed by atoms with E-state index in [9.17, 15) is 9.90 Å². The predicted molar refractivity (Wildman–Crippen MR) is 75.9 cm³/mol. The Morgan fingerprint density at radius 3 is 2.74 bits per heavy atom. The molecule has 2 aromatic rings. The number of carbonyl (C=O) groups is 1. The average molecular weight is 256 g/mol. The summed E-state index contributed by atoms with van der Waals surface area (Å²) >= 11 is 0. The zero-order valence-corrected chi connectivity index (χ0v) is 10.7. The number of para-hydroxylation sites is 1. The minimum atomic E-state index is -0.276. The van der Waals surface area contributed by atoms with Gasteiger partial charge in [0.2, 0.25) is 0 Å². The molecule has 0 aliphatic carbocycles. The van der Waals surface area contributed by atoms with Gasteiger partial charge in [-0.25, -0.2) is 0 Å². The number of nitrogens with one attached hydrogen (secondary N) is 1. The number of nitrogen functional groups attached to an aromatic ring is 1. The molecule has 2 aromatic carbocycles. The summed E-state index contributed by atoms with van der Waals surface area (Å²) in [4.78, 5) is 12.2. The highest BCUT2D eigenvalue weighted by Gasteiger charge is 2.11. The molecule has 4 heteroatoms. The number of carbonyl (C=O) groups excluding carboxylic acids is 1. The Morgan fingerprint density at radius 1 is 1.26 bits per heavy atom. The highest BCUT2D eigenvalue weighted by atomic mass is 16.3. The molecule has 0 heterocycles. The second-order valence-corrected chi connectivity index (χ2v) is 4.36. The molecule has 0 radical (unpaired) electrons. The highest BCUT2D eigenvalue weighted by Crippen LogP contribution is 2.19. The fourth-order valence-corrected chi connectivity index (χ4v) is 1.84. The molecule has 4 nitrogen and oxygen atoms in total. The summed E-state index contributed by atoms with van der Waals surface area (Å²) < 4.78 is 0. The Hall–Kier alpha value is -2.33. The zero-order valence-electron chi connectivity index (χ0n) is 10.7. The van der Waals surface area contributed by atoms with Crippen LogP contribution in [0.15, 0.2) is 42.5 Å². The fraction of sp³-hybridized carbons (Fsp3) is 0.133. The van der Waals surface area contributed by atoms with Crippen molar-refractivity contribution in [3.8, 4) is 0 Å².